The predicted octanol–water partition coefficient (Wildman–Crippen LogP) is 3.22. The number of guanidine groups is 1. The van der Waals surface area contributed by atoms with Gasteiger partial charge in [0, 0.05) is 32.7 Å². The van der Waals surface area contributed by atoms with Gasteiger partial charge in [-0.05, 0) is 32.1 Å². The van der Waals surface area contributed by atoms with Gasteiger partial charge in [0.15, 0.2) is 5.96 Å². The van der Waals surface area contributed by atoms with E-state index in [1.165, 1.54) is 19.3 Å². The molecule has 0 unspecified atom stereocenters. The van der Waals surface area contributed by atoms with Crippen LogP contribution in [0.5, 0.6) is 0 Å². The molecule has 2 N–H and O–H groups in total. The molecule has 0 radical (unpaired) electrons. The van der Waals surface area contributed by atoms with Crippen molar-refractivity contribution in [3.8, 4) is 0 Å². The molecule has 0 atom stereocenters. The molecule has 0 aromatic rings. The standard InChI is InChI=1S/C17H34N4O2.HI/c1-5-23-17(22)21-12-9-15(10-13-21)20-16(18-4)19-11-7-6-8-14(2)3;/h14-15H,5-13H2,1-4H3,(H2,18,19,20);1H. The van der Waals surface area contributed by atoms with Crippen LogP contribution in [0.2, 0.25) is 0 Å². The minimum Gasteiger partial charge on any atom is -0.450 e. The molecule has 1 amide bonds. The molecule has 1 heterocycles. The zero-order valence-corrected chi connectivity index (χ0v) is 18.0. The van der Waals surface area contributed by atoms with Crippen LogP contribution in [0.1, 0.15) is 52.9 Å². The number of nitrogens with one attached hydrogen (secondary N) is 2. The van der Waals surface area contributed by atoms with E-state index in [9.17, 15) is 4.79 Å². The Morgan fingerprint density at radius 3 is 2.50 bits per heavy atom. The van der Waals surface area contributed by atoms with Gasteiger partial charge in [0.25, 0.3) is 0 Å². The molecule has 1 saturated heterocycles. The number of hydrogen-bond acceptors (Lipinski definition) is 3. The lowest BCUT2D eigenvalue weighted by Crippen LogP contribution is -2.50. The van der Waals surface area contributed by atoms with Gasteiger partial charge in [-0.2, -0.15) is 0 Å². The predicted molar refractivity (Wildman–Crippen MR) is 110 cm³/mol. The molecular formula is C17H35IN4O2. The monoisotopic (exact) mass is 454 g/mol. The molecule has 0 aromatic heterocycles. The highest BCUT2D eigenvalue weighted by Crippen LogP contribution is 2.11. The lowest BCUT2D eigenvalue weighted by atomic mass is 10.1. The molecule has 0 aromatic carbocycles. The zero-order chi connectivity index (χ0) is 17.1. The first-order valence-electron chi connectivity index (χ1n) is 8.95. The third kappa shape index (κ3) is 9.54. The van der Waals surface area contributed by atoms with E-state index in [1.807, 2.05) is 6.92 Å². The van der Waals surface area contributed by atoms with Crippen molar-refractivity contribution < 1.29 is 9.53 Å². The third-order valence-electron chi connectivity index (χ3n) is 4.09. The average Bonchev–Trinajstić information content (AvgIpc) is 2.54. The van der Waals surface area contributed by atoms with Crippen LogP contribution < -0.4 is 10.6 Å². The fourth-order valence-corrected chi connectivity index (χ4v) is 2.69. The Morgan fingerprint density at radius 1 is 1.29 bits per heavy atom. The molecule has 142 valence electrons. The summed E-state index contributed by atoms with van der Waals surface area (Å²) >= 11 is 0. The lowest BCUT2D eigenvalue weighted by Gasteiger charge is -2.32. The van der Waals surface area contributed by atoms with Crippen LogP contribution in [0.4, 0.5) is 4.79 Å². The van der Waals surface area contributed by atoms with Crippen LogP contribution in [0.3, 0.4) is 0 Å². The Hall–Kier alpha value is -0.730. The molecule has 0 saturated carbocycles. The highest BCUT2D eigenvalue weighted by Gasteiger charge is 2.23. The van der Waals surface area contributed by atoms with Crippen molar-refractivity contribution in [2.75, 3.05) is 33.3 Å². The number of amides is 1. The van der Waals surface area contributed by atoms with E-state index in [0.29, 0.717) is 12.6 Å². The molecule has 1 rings (SSSR count). The first-order chi connectivity index (χ1) is 11.1. The number of halogens is 1. The summed E-state index contributed by atoms with van der Waals surface area (Å²) in [4.78, 5) is 17.8. The maximum absolute atomic E-state index is 11.7. The quantitative estimate of drug-likeness (QED) is 0.268. The summed E-state index contributed by atoms with van der Waals surface area (Å²) in [5, 5.41) is 6.84. The van der Waals surface area contributed by atoms with Gasteiger partial charge in [-0.3, -0.25) is 4.99 Å². The number of carbonyl (C=O) groups is 1. The van der Waals surface area contributed by atoms with Crippen molar-refractivity contribution in [2.24, 2.45) is 10.9 Å². The van der Waals surface area contributed by atoms with E-state index in [2.05, 4.69) is 29.5 Å². The van der Waals surface area contributed by atoms with Crippen LogP contribution in [0.15, 0.2) is 4.99 Å². The van der Waals surface area contributed by atoms with Gasteiger partial charge < -0.3 is 20.3 Å². The summed E-state index contributed by atoms with van der Waals surface area (Å²) in [5.74, 6) is 1.64. The fraction of sp³-hybridized carbons (Fsp3) is 0.882. The number of rotatable bonds is 7. The Balaban J connectivity index is 0.00000529. The average molecular weight is 454 g/mol. The SMILES string of the molecule is CCOC(=O)N1CCC(NC(=NC)NCCCCC(C)C)CC1.I. The fourth-order valence-electron chi connectivity index (χ4n) is 2.69. The Kier molecular flexibility index (Phi) is 13.1. The number of aliphatic imine (C=N–C) groups is 1. The molecule has 1 aliphatic rings. The van der Waals surface area contributed by atoms with E-state index >= 15 is 0 Å². The highest BCUT2D eigenvalue weighted by atomic mass is 127. The normalized spacial score (nSPS) is 15.9. The van der Waals surface area contributed by atoms with E-state index < -0.39 is 0 Å². The van der Waals surface area contributed by atoms with Crippen molar-refractivity contribution >= 4 is 36.0 Å². The summed E-state index contributed by atoms with van der Waals surface area (Å²) < 4.78 is 5.04. The first-order valence-corrected chi connectivity index (χ1v) is 8.95. The number of unbranched alkanes of at least 4 members (excludes halogenated alkanes) is 1. The maximum Gasteiger partial charge on any atom is 0.409 e. The van der Waals surface area contributed by atoms with Crippen molar-refractivity contribution in [3.63, 3.8) is 0 Å². The second-order valence-electron chi connectivity index (χ2n) is 6.49. The number of hydrogen-bond donors (Lipinski definition) is 2. The van der Waals surface area contributed by atoms with Gasteiger partial charge in [0.1, 0.15) is 0 Å². The van der Waals surface area contributed by atoms with Crippen molar-refractivity contribution in [1.82, 2.24) is 15.5 Å². The smallest absolute Gasteiger partial charge is 0.409 e. The molecule has 6 nitrogen and oxygen atoms in total. The van der Waals surface area contributed by atoms with Gasteiger partial charge in [-0.25, -0.2) is 4.79 Å². The van der Waals surface area contributed by atoms with Crippen LogP contribution in [0.25, 0.3) is 0 Å². The summed E-state index contributed by atoms with van der Waals surface area (Å²) in [6.07, 6.45) is 5.35. The second-order valence-corrected chi connectivity index (χ2v) is 6.49. The second kappa shape index (κ2) is 13.5. The number of carbonyl (C=O) groups excluding carboxylic acids is 1. The van der Waals surface area contributed by atoms with Gasteiger partial charge in [-0.1, -0.05) is 26.7 Å². The van der Waals surface area contributed by atoms with Crippen molar-refractivity contribution in [2.45, 2.75) is 58.9 Å². The summed E-state index contributed by atoms with van der Waals surface area (Å²) in [7, 11) is 1.80. The van der Waals surface area contributed by atoms with Gasteiger partial charge in [0.2, 0.25) is 0 Å². The number of likely N-dealkylation sites (tertiary alicyclic amines) is 1. The molecule has 7 heteroatoms. The Labute approximate surface area is 164 Å². The minimum atomic E-state index is -0.196. The van der Waals surface area contributed by atoms with Crippen LogP contribution in [-0.4, -0.2) is 56.3 Å². The van der Waals surface area contributed by atoms with E-state index in [-0.39, 0.29) is 30.1 Å². The molecule has 1 fully saturated rings. The van der Waals surface area contributed by atoms with E-state index in [0.717, 1.165) is 44.4 Å². The van der Waals surface area contributed by atoms with Gasteiger partial charge in [0.05, 0.1) is 6.61 Å². The van der Waals surface area contributed by atoms with Crippen molar-refractivity contribution in [3.05, 3.63) is 0 Å². The van der Waals surface area contributed by atoms with Crippen molar-refractivity contribution in [1.29, 1.82) is 0 Å². The molecular weight excluding hydrogens is 419 g/mol. The Morgan fingerprint density at radius 2 is 1.96 bits per heavy atom. The number of nitrogens with zero attached hydrogens (tertiary/aromatic N) is 2. The van der Waals surface area contributed by atoms with Gasteiger partial charge in [-0.15, -0.1) is 24.0 Å². The summed E-state index contributed by atoms with van der Waals surface area (Å²) in [6.45, 7) is 9.22. The molecule has 0 spiro atoms. The Bertz CT molecular complexity index is 370. The molecule has 0 bridgehead atoms. The van der Waals surface area contributed by atoms with Crippen LogP contribution >= 0.6 is 24.0 Å². The van der Waals surface area contributed by atoms with Gasteiger partial charge >= 0.3 is 6.09 Å². The molecule has 1 aliphatic heterocycles. The van der Waals surface area contributed by atoms with Crippen LogP contribution in [0, 0.1) is 5.92 Å². The number of piperidine rings is 1. The molecule has 24 heavy (non-hydrogen) atoms. The highest BCUT2D eigenvalue weighted by molar-refractivity contribution is 14.0. The van der Waals surface area contributed by atoms with E-state index in [1.54, 1.807) is 11.9 Å². The summed E-state index contributed by atoms with van der Waals surface area (Å²) in [5.41, 5.74) is 0. The van der Waals surface area contributed by atoms with E-state index in [4.69, 9.17) is 4.74 Å². The first kappa shape index (κ1) is 23.3. The lowest BCUT2D eigenvalue weighted by molar-refractivity contribution is 0.0963. The van der Waals surface area contributed by atoms with Crippen LogP contribution in [-0.2, 0) is 4.74 Å². The largest absolute Gasteiger partial charge is 0.450 e. The maximum atomic E-state index is 11.7. The zero-order valence-electron chi connectivity index (χ0n) is 15.6. The molecule has 0 aliphatic carbocycles. The third-order valence-corrected chi connectivity index (χ3v) is 4.09. The topological polar surface area (TPSA) is 66.0 Å². The minimum absolute atomic E-state index is 0. The summed E-state index contributed by atoms with van der Waals surface area (Å²) in [6, 6.07) is 0.363. The number of ether oxygens (including phenoxy) is 1.